The molecule has 1 heterocycles. The molecule has 1 aliphatic rings. The lowest BCUT2D eigenvalue weighted by atomic mass is 10.0. The third-order valence-corrected chi connectivity index (χ3v) is 3.49. The van der Waals surface area contributed by atoms with Gasteiger partial charge in [-0.15, -0.1) is 0 Å². The number of anilines is 1. The number of nitrogens with zero attached hydrogens (tertiary/aromatic N) is 1. The van der Waals surface area contributed by atoms with Crippen molar-refractivity contribution in [1.29, 1.82) is 0 Å². The average molecular weight is 245 g/mol. The molecule has 0 spiro atoms. The first-order valence-electron chi connectivity index (χ1n) is 6.31. The summed E-state index contributed by atoms with van der Waals surface area (Å²) in [7, 11) is 0. The molecule has 18 heavy (non-hydrogen) atoms. The monoisotopic (exact) mass is 245 g/mol. The van der Waals surface area contributed by atoms with Gasteiger partial charge in [-0.25, -0.2) is 4.79 Å². The van der Waals surface area contributed by atoms with Crippen LogP contribution < -0.4 is 4.90 Å². The number of para-hydroxylation sites is 1. The molecule has 0 amide bonds. The molecule has 1 N–H and O–H groups in total. The van der Waals surface area contributed by atoms with Crippen molar-refractivity contribution in [2.75, 3.05) is 18.0 Å². The van der Waals surface area contributed by atoms with Crippen LogP contribution in [0.4, 0.5) is 5.69 Å². The molecular formula is C15H19NO2. The van der Waals surface area contributed by atoms with Gasteiger partial charge in [0.05, 0.1) is 0 Å². The smallest absolute Gasteiger partial charge is 0.328 e. The van der Waals surface area contributed by atoms with E-state index in [0.29, 0.717) is 0 Å². The Morgan fingerprint density at radius 3 is 2.28 bits per heavy atom. The lowest BCUT2D eigenvalue weighted by Crippen LogP contribution is -2.31. The summed E-state index contributed by atoms with van der Waals surface area (Å²) in [5.41, 5.74) is 4.94. The van der Waals surface area contributed by atoms with Crippen LogP contribution in [0.3, 0.4) is 0 Å². The van der Waals surface area contributed by atoms with Crippen LogP contribution in [0.1, 0.15) is 24.0 Å². The fourth-order valence-electron chi connectivity index (χ4n) is 2.64. The van der Waals surface area contributed by atoms with Crippen LogP contribution in [0.15, 0.2) is 29.8 Å². The van der Waals surface area contributed by atoms with Crippen LogP contribution in [0.5, 0.6) is 0 Å². The highest BCUT2D eigenvalue weighted by molar-refractivity contribution is 5.80. The minimum absolute atomic E-state index is 0.828. The predicted octanol–water partition coefficient (Wildman–Crippen LogP) is 2.91. The third-order valence-electron chi connectivity index (χ3n) is 3.49. The fourth-order valence-corrected chi connectivity index (χ4v) is 2.64. The molecule has 96 valence electrons. The Labute approximate surface area is 108 Å². The van der Waals surface area contributed by atoms with Gasteiger partial charge in [0.2, 0.25) is 0 Å². The maximum atomic E-state index is 10.6. The second-order valence-corrected chi connectivity index (χ2v) is 4.87. The zero-order valence-electron chi connectivity index (χ0n) is 10.9. The maximum Gasteiger partial charge on any atom is 0.328 e. The van der Waals surface area contributed by atoms with Gasteiger partial charge in [0.1, 0.15) is 0 Å². The molecule has 0 bridgehead atoms. The summed E-state index contributed by atoms with van der Waals surface area (Å²) in [5, 5.41) is 8.75. The van der Waals surface area contributed by atoms with Gasteiger partial charge >= 0.3 is 5.97 Å². The molecule has 2 rings (SSSR count). The quantitative estimate of drug-likeness (QED) is 0.814. The molecule has 1 aromatic carbocycles. The van der Waals surface area contributed by atoms with Crippen LogP contribution >= 0.6 is 0 Å². The van der Waals surface area contributed by atoms with E-state index in [1.807, 2.05) is 0 Å². The first-order chi connectivity index (χ1) is 8.58. The molecular weight excluding hydrogens is 226 g/mol. The number of aliphatic carboxylic acids is 1. The first kappa shape index (κ1) is 12.7. The van der Waals surface area contributed by atoms with Crippen molar-refractivity contribution in [3.8, 4) is 0 Å². The summed E-state index contributed by atoms with van der Waals surface area (Å²) in [5.74, 6) is -0.828. The van der Waals surface area contributed by atoms with E-state index in [1.165, 1.54) is 22.9 Å². The predicted molar refractivity (Wildman–Crippen MR) is 73.1 cm³/mol. The van der Waals surface area contributed by atoms with Crippen LogP contribution in [0.2, 0.25) is 0 Å². The van der Waals surface area contributed by atoms with E-state index in [0.717, 1.165) is 31.5 Å². The minimum Gasteiger partial charge on any atom is -0.478 e. The highest BCUT2D eigenvalue weighted by atomic mass is 16.4. The first-order valence-corrected chi connectivity index (χ1v) is 6.31. The summed E-state index contributed by atoms with van der Waals surface area (Å²) in [4.78, 5) is 13.0. The number of piperidine rings is 1. The van der Waals surface area contributed by atoms with E-state index in [-0.39, 0.29) is 0 Å². The van der Waals surface area contributed by atoms with Crippen LogP contribution in [-0.2, 0) is 4.79 Å². The Morgan fingerprint density at radius 1 is 1.22 bits per heavy atom. The van der Waals surface area contributed by atoms with E-state index in [9.17, 15) is 4.79 Å². The topological polar surface area (TPSA) is 40.5 Å². The summed E-state index contributed by atoms with van der Waals surface area (Å²) in [6.07, 6.45) is 3.06. The van der Waals surface area contributed by atoms with Crippen molar-refractivity contribution >= 4 is 11.7 Å². The maximum absolute atomic E-state index is 10.6. The van der Waals surface area contributed by atoms with E-state index < -0.39 is 5.97 Å². The Morgan fingerprint density at radius 2 is 1.78 bits per heavy atom. The van der Waals surface area contributed by atoms with Crippen LogP contribution in [-0.4, -0.2) is 24.2 Å². The summed E-state index contributed by atoms with van der Waals surface area (Å²) in [6.45, 7) is 6.07. The molecule has 1 aromatic rings. The van der Waals surface area contributed by atoms with Gasteiger partial charge in [0.15, 0.2) is 0 Å². The molecule has 1 aliphatic heterocycles. The van der Waals surface area contributed by atoms with E-state index in [1.54, 1.807) is 0 Å². The zero-order chi connectivity index (χ0) is 13.1. The molecule has 1 saturated heterocycles. The SMILES string of the molecule is Cc1cccc(C)c1N1CCC(=CC(=O)O)CC1. The minimum atomic E-state index is -0.828. The molecule has 0 saturated carbocycles. The highest BCUT2D eigenvalue weighted by Crippen LogP contribution is 2.28. The molecule has 0 aliphatic carbocycles. The van der Waals surface area contributed by atoms with Gasteiger partial charge in [-0.3, -0.25) is 0 Å². The van der Waals surface area contributed by atoms with E-state index >= 15 is 0 Å². The largest absolute Gasteiger partial charge is 0.478 e. The van der Waals surface area contributed by atoms with Gasteiger partial charge in [-0.05, 0) is 37.8 Å². The second kappa shape index (κ2) is 5.25. The Balaban J connectivity index is 2.13. The van der Waals surface area contributed by atoms with Crippen LogP contribution in [0, 0.1) is 13.8 Å². The second-order valence-electron chi connectivity index (χ2n) is 4.87. The fraction of sp³-hybridized carbons (Fsp3) is 0.400. The van der Waals surface area contributed by atoms with Crippen molar-refractivity contribution in [3.05, 3.63) is 41.0 Å². The number of benzene rings is 1. The van der Waals surface area contributed by atoms with E-state index in [2.05, 4.69) is 36.9 Å². The number of carboxylic acids is 1. The standard InChI is InChI=1S/C15H19NO2/c1-11-4-3-5-12(2)15(11)16-8-6-13(7-9-16)10-14(17)18/h3-5,10H,6-9H2,1-2H3,(H,17,18). The van der Waals surface area contributed by atoms with Crippen molar-refractivity contribution in [1.82, 2.24) is 0 Å². The number of hydrogen-bond acceptors (Lipinski definition) is 2. The van der Waals surface area contributed by atoms with E-state index in [4.69, 9.17) is 5.11 Å². The molecule has 0 unspecified atom stereocenters. The van der Waals surface area contributed by atoms with Gasteiger partial charge in [0, 0.05) is 24.9 Å². The number of aryl methyl sites for hydroxylation is 2. The average Bonchev–Trinajstić information content (AvgIpc) is 2.30. The van der Waals surface area contributed by atoms with Gasteiger partial charge in [0.25, 0.3) is 0 Å². The van der Waals surface area contributed by atoms with Gasteiger partial charge < -0.3 is 10.0 Å². The molecule has 3 nitrogen and oxygen atoms in total. The lowest BCUT2D eigenvalue weighted by molar-refractivity contribution is -0.131. The lowest BCUT2D eigenvalue weighted by Gasteiger charge is -2.32. The molecule has 0 aromatic heterocycles. The molecule has 0 radical (unpaired) electrons. The number of rotatable bonds is 2. The third kappa shape index (κ3) is 2.73. The van der Waals surface area contributed by atoms with Gasteiger partial charge in [-0.2, -0.15) is 0 Å². The molecule has 1 fully saturated rings. The number of carboxylic acid groups (broad SMARTS) is 1. The van der Waals surface area contributed by atoms with Crippen molar-refractivity contribution in [3.63, 3.8) is 0 Å². The van der Waals surface area contributed by atoms with Crippen molar-refractivity contribution in [2.24, 2.45) is 0 Å². The number of hydrogen-bond donors (Lipinski definition) is 1. The summed E-state index contributed by atoms with van der Waals surface area (Å²) < 4.78 is 0. The zero-order valence-corrected chi connectivity index (χ0v) is 10.9. The Hall–Kier alpha value is -1.77. The van der Waals surface area contributed by atoms with Crippen LogP contribution in [0.25, 0.3) is 0 Å². The van der Waals surface area contributed by atoms with Crippen molar-refractivity contribution < 1.29 is 9.90 Å². The molecule has 0 atom stereocenters. The normalized spacial score (nSPS) is 15.7. The molecule has 3 heteroatoms. The number of carbonyl (C=O) groups is 1. The Bertz CT molecular complexity index is 461. The highest BCUT2D eigenvalue weighted by Gasteiger charge is 2.17. The Kier molecular flexibility index (Phi) is 3.70. The summed E-state index contributed by atoms with van der Waals surface area (Å²) >= 11 is 0. The summed E-state index contributed by atoms with van der Waals surface area (Å²) in [6, 6.07) is 6.34. The van der Waals surface area contributed by atoms with Crippen molar-refractivity contribution in [2.45, 2.75) is 26.7 Å². The van der Waals surface area contributed by atoms with Gasteiger partial charge in [-0.1, -0.05) is 23.8 Å².